The lowest BCUT2D eigenvalue weighted by Gasteiger charge is -2.36. The van der Waals surface area contributed by atoms with Gasteiger partial charge >= 0.3 is 12.1 Å². The number of amides is 4. The molecule has 3 rings (SSSR count). The minimum absolute atomic E-state index is 0.0678. The average molecular weight is 516 g/mol. The van der Waals surface area contributed by atoms with Crippen molar-refractivity contribution in [2.45, 2.75) is 64.3 Å². The highest BCUT2D eigenvalue weighted by molar-refractivity contribution is 5.94. The minimum Gasteiger partial charge on any atom is -0.381 e. The Balaban J connectivity index is 1.80. The van der Waals surface area contributed by atoms with Crippen molar-refractivity contribution in [3.8, 4) is 6.07 Å². The Morgan fingerprint density at radius 3 is 2.50 bits per heavy atom. The van der Waals surface area contributed by atoms with Crippen LogP contribution in [-0.4, -0.2) is 79.1 Å². The largest absolute Gasteiger partial charge is 0.471 e. The lowest BCUT2D eigenvalue weighted by molar-refractivity contribution is -0.176. The number of rotatable bonds is 6. The van der Waals surface area contributed by atoms with Gasteiger partial charge in [-0.1, -0.05) is 20.8 Å². The van der Waals surface area contributed by atoms with Crippen LogP contribution in [0.1, 0.15) is 40.0 Å². The summed E-state index contributed by atoms with van der Waals surface area (Å²) < 4.78 is 44.3. The van der Waals surface area contributed by atoms with Gasteiger partial charge in [0.2, 0.25) is 17.7 Å². The van der Waals surface area contributed by atoms with Gasteiger partial charge in [0, 0.05) is 30.8 Å². The minimum atomic E-state index is -5.18. The number of nitriles is 1. The maximum Gasteiger partial charge on any atom is 0.471 e. The normalized spacial score (nSPS) is 27.9. The number of carbonyl (C=O) groups excluding carboxylic acids is 4. The molecule has 4 amide bonds. The van der Waals surface area contributed by atoms with Gasteiger partial charge in [-0.25, -0.2) is 0 Å². The quantitative estimate of drug-likeness (QED) is 0.470. The van der Waals surface area contributed by atoms with Gasteiger partial charge in [0.15, 0.2) is 0 Å². The van der Waals surface area contributed by atoms with Gasteiger partial charge in [0.05, 0.1) is 19.3 Å². The molecular weight excluding hydrogens is 483 g/mol. The molecule has 3 aliphatic heterocycles. The van der Waals surface area contributed by atoms with Gasteiger partial charge in [-0.15, -0.1) is 0 Å². The van der Waals surface area contributed by atoms with Gasteiger partial charge in [-0.05, 0) is 24.7 Å². The first-order valence-corrected chi connectivity index (χ1v) is 12.0. The predicted molar refractivity (Wildman–Crippen MR) is 119 cm³/mol. The predicted octanol–water partition coefficient (Wildman–Crippen LogP) is 0.478. The molecule has 0 aromatic carbocycles. The Labute approximate surface area is 207 Å². The van der Waals surface area contributed by atoms with Crippen LogP contribution in [0, 0.1) is 34.5 Å². The Morgan fingerprint density at radius 1 is 1.22 bits per heavy atom. The Morgan fingerprint density at radius 2 is 1.92 bits per heavy atom. The van der Waals surface area contributed by atoms with Crippen molar-refractivity contribution in [3.63, 3.8) is 0 Å². The number of piperidine rings is 1. The molecular formula is C23H32F3N5O5. The Hall–Kier alpha value is -2.88. The second-order valence-corrected chi connectivity index (χ2v) is 10.7. The number of nitrogens with one attached hydrogen (secondary N) is 3. The summed E-state index contributed by atoms with van der Waals surface area (Å²) in [6.45, 7) is 5.62. The van der Waals surface area contributed by atoms with Crippen LogP contribution >= 0.6 is 0 Å². The number of halogens is 3. The smallest absolute Gasteiger partial charge is 0.381 e. The summed E-state index contributed by atoms with van der Waals surface area (Å²) in [6.07, 6.45) is -3.74. The molecule has 3 aliphatic rings. The van der Waals surface area contributed by atoms with Crippen LogP contribution in [0.2, 0.25) is 0 Å². The van der Waals surface area contributed by atoms with Gasteiger partial charge in [0.1, 0.15) is 18.1 Å². The fourth-order valence-corrected chi connectivity index (χ4v) is 5.09. The Kier molecular flexibility index (Phi) is 8.17. The molecule has 0 aromatic rings. The molecule has 36 heavy (non-hydrogen) atoms. The first-order chi connectivity index (χ1) is 16.7. The lowest BCUT2D eigenvalue weighted by Crippen LogP contribution is -2.60. The summed E-state index contributed by atoms with van der Waals surface area (Å²) in [5.41, 5.74) is -1.09. The van der Waals surface area contributed by atoms with Crippen molar-refractivity contribution in [1.29, 1.82) is 5.26 Å². The van der Waals surface area contributed by atoms with E-state index in [4.69, 9.17) is 4.74 Å². The van der Waals surface area contributed by atoms with Crippen molar-refractivity contribution in [2.24, 2.45) is 23.2 Å². The van der Waals surface area contributed by atoms with Crippen LogP contribution < -0.4 is 16.0 Å². The van der Waals surface area contributed by atoms with E-state index in [1.807, 2.05) is 6.07 Å². The average Bonchev–Trinajstić information content (AvgIpc) is 3.37. The summed E-state index contributed by atoms with van der Waals surface area (Å²) in [6, 6.07) is -1.63. The van der Waals surface area contributed by atoms with E-state index in [0.717, 1.165) is 6.42 Å². The van der Waals surface area contributed by atoms with Gasteiger partial charge in [-0.2, -0.15) is 18.4 Å². The van der Waals surface area contributed by atoms with Crippen molar-refractivity contribution in [1.82, 2.24) is 20.9 Å². The molecule has 0 unspecified atom stereocenters. The summed E-state index contributed by atoms with van der Waals surface area (Å²) in [5.74, 6) is -4.94. The number of hydrogen-bond donors (Lipinski definition) is 3. The first kappa shape index (κ1) is 27.7. The summed E-state index contributed by atoms with van der Waals surface area (Å²) >= 11 is 0. The van der Waals surface area contributed by atoms with Gasteiger partial charge in [-0.3, -0.25) is 19.2 Å². The molecule has 3 fully saturated rings. The number of carbonyl (C=O) groups is 4. The highest BCUT2D eigenvalue weighted by Crippen LogP contribution is 2.37. The molecule has 0 aliphatic carbocycles. The van der Waals surface area contributed by atoms with Crippen LogP contribution in [0.3, 0.4) is 0 Å². The number of alkyl halides is 3. The summed E-state index contributed by atoms with van der Waals surface area (Å²) in [5, 5.41) is 16.8. The molecule has 6 atom stereocenters. The summed E-state index contributed by atoms with van der Waals surface area (Å²) in [4.78, 5) is 51.9. The molecule has 200 valence electrons. The fourth-order valence-electron chi connectivity index (χ4n) is 5.09. The highest BCUT2D eigenvalue weighted by Gasteiger charge is 2.53. The van der Waals surface area contributed by atoms with E-state index in [1.54, 1.807) is 5.32 Å². The Bertz CT molecular complexity index is 929. The zero-order valence-electron chi connectivity index (χ0n) is 20.5. The number of ether oxygens (including phenoxy) is 1. The van der Waals surface area contributed by atoms with Crippen LogP contribution in [0.15, 0.2) is 0 Å². The monoisotopic (exact) mass is 515 g/mol. The van der Waals surface area contributed by atoms with E-state index >= 15 is 0 Å². The first-order valence-electron chi connectivity index (χ1n) is 12.0. The molecule has 10 nitrogen and oxygen atoms in total. The zero-order chi connectivity index (χ0) is 26.8. The van der Waals surface area contributed by atoms with E-state index in [1.165, 1.54) is 25.7 Å². The van der Waals surface area contributed by atoms with E-state index in [-0.39, 0.29) is 38.0 Å². The number of fused-ring (bicyclic) bond motifs is 1. The highest BCUT2D eigenvalue weighted by atomic mass is 19.4. The van der Waals surface area contributed by atoms with Crippen LogP contribution in [0.4, 0.5) is 13.2 Å². The summed E-state index contributed by atoms with van der Waals surface area (Å²) in [7, 11) is 0. The zero-order valence-corrected chi connectivity index (χ0v) is 20.5. The maximum atomic E-state index is 13.5. The van der Waals surface area contributed by atoms with E-state index in [0.29, 0.717) is 13.0 Å². The SMILES string of the molecule is CC(C)(C)[C@H](NC(=O)C(F)(F)F)C(=O)N1C[C@@H]2COC[C@@H]2[C@H]1C(=O)N[C@H](C#N)C[C@@H]1CCCNC1=O. The third kappa shape index (κ3) is 6.08. The van der Waals surface area contributed by atoms with E-state index in [9.17, 15) is 37.6 Å². The number of likely N-dealkylation sites (tertiary alicyclic amines) is 1. The lowest BCUT2D eigenvalue weighted by atomic mass is 9.85. The second-order valence-electron chi connectivity index (χ2n) is 10.7. The molecule has 13 heteroatoms. The number of hydrogen-bond acceptors (Lipinski definition) is 6. The maximum absolute atomic E-state index is 13.5. The van der Waals surface area contributed by atoms with Crippen molar-refractivity contribution >= 4 is 23.6 Å². The van der Waals surface area contributed by atoms with Crippen LogP contribution in [-0.2, 0) is 23.9 Å². The van der Waals surface area contributed by atoms with E-state index in [2.05, 4.69) is 10.6 Å². The third-order valence-corrected chi connectivity index (χ3v) is 7.01. The third-order valence-electron chi connectivity index (χ3n) is 7.01. The molecule has 0 saturated carbocycles. The molecule has 3 heterocycles. The molecule has 0 bridgehead atoms. The van der Waals surface area contributed by atoms with Gasteiger partial charge < -0.3 is 25.6 Å². The second kappa shape index (κ2) is 10.6. The van der Waals surface area contributed by atoms with Gasteiger partial charge in [0.25, 0.3) is 0 Å². The standard InChI is InChI=1S/C23H32F3N5O5/c1-22(2,3)17(30-21(35)23(24,25)26)20(34)31-9-13-10-36-11-15(13)16(31)19(33)29-14(8-27)7-12-5-4-6-28-18(12)32/h12-17H,4-7,9-11H2,1-3H3,(H,28,32)(H,29,33)(H,30,35)/t12-,13+,14-,15-,16-,17+/m0/s1. The molecule has 0 spiro atoms. The molecule has 0 radical (unpaired) electrons. The molecule has 3 N–H and O–H groups in total. The fraction of sp³-hybridized carbons (Fsp3) is 0.783. The molecule has 0 aromatic heterocycles. The van der Waals surface area contributed by atoms with E-state index < -0.39 is 59.3 Å². The molecule has 3 saturated heterocycles. The van der Waals surface area contributed by atoms with Crippen molar-refractivity contribution in [3.05, 3.63) is 0 Å². The number of nitrogens with zero attached hydrogens (tertiary/aromatic N) is 2. The topological polar surface area (TPSA) is 141 Å². The van der Waals surface area contributed by atoms with Crippen molar-refractivity contribution in [2.75, 3.05) is 26.3 Å². The van der Waals surface area contributed by atoms with Crippen molar-refractivity contribution < 1.29 is 37.1 Å². The van der Waals surface area contributed by atoms with Crippen LogP contribution in [0.25, 0.3) is 0 Å². The van der Waals surface area contributed by atoms with Crippen LogP contribution in [0.5, 0.6) is 0 Å².